The van der Waals surface area contributed by atoms with Crippen molar-refractivity contribution in [3.05, 3.63) is 41.5 Å². The molecule has 0 spiro atoms. The molecule has 2 aliphatic rings. The Balaban J connectivity index is 1.67. The molecule has 0 saturated heterocycles. The smallest absolute Gasteiger partial charge is 0.126 e. The molecule has 31 heavy (non-hydrogen) atoms. The van der Waals surface area contributed by atoms with Gasteiger partial charge in [-0.2, -0.15) is 0 Å². The number of hydrogen-bond acceptors (Lipinski definition) is 4. The molecule has 0 amide bonds. The maximum absolute atomic E-state index is 10.7. The molecule has 1 aromatic rings. The van der Waals surface area contributed by atoms with Gasteiger partial charge in [0.15, 0.2) is 0 Å². The van der Waals surface area contributed by atoms with Crippen LogP contribution in [0.5, 0.6) is 5.75 Å². The Labute approximate surface area is 188 Å². The van der Waals surface area contributed by atoms with Crippen LogP contribution in [-0.4, -0.2) is 54.1 Å². The average molecular weight is 426 g/mol. The molecule has 3 rings (SSSR count). The Bertz CT molecular complexity index is 806. The summed E-state index contributed by atoms with van der Waals surface area (Å²) in [5.74, 6) is 7.17. The number of aliphatic hydroxyl groups excluding tert-OH is 2. The van der Waals surface area contributed by atoms with Crippen molar-refractivity contribution in [1.82, 2.24) is 4.90 Å². The van der Waals surface area contributed by atoms with Crippen molar-refractivity contribution in [2.75, 3.05) is 20.6 Å². The Morgan fingerprint density at radius 1 is 1.26 bits per heavy atom. The summed E-state index contributed by atoms with van der Waals surface area (Å²) in [5, 5.41) is 21.2. The number of aryl methyl sites for hydroxylation is 1. The van der Waals surface area contributed by atoms with Crippen LogP contribution in [0.4, 0.5) is 0 Å². The van der Waals surface area contributed by atoms with Crippen LogP contribution in [0.1, 0.15) is 63.0 Å². The third-order valence-electron chi connectivity index (χ3n) is 6.75. The second-order valence-corrected chi connectivity index (χ2v) is 9.50. The maximum Gasteiger partial charge on any atom is 0.126 e. The van der Waals surface area contributed by atoms with Crippen LogP contribution >= 0.6 is 0 Å². The van der Waals surface area contributed by atoms with Crippen molar-refractivity contribution < 1.29 is 14.9 Å². The van der Waals surface area contributed by atoms with E-state index in [1.54, 1.807) is 0 Å². The van der Waals surface area contributed by atoms with Gasteiger partial charge in [0.25, 0.3) is 0 Å². The van der Waals surface area contributed by atoms with E-state index < -0.39 is 12.2 Å². The van der Waals surface area contributed by atoms with Gasteiger partial charge in [-0.25, -0.2) is 0 Å². The van der Waals surface area contributed by atoms with Crippen LogP contribution in [0.25, 0.3) is 0 Å². The summed E-state index contributed by atoms with van der Waals surface area (Å²) in [4.78, 5) is 2.23. The van der Waals surface area contributed by atoms with Crippen LogP contribution < -0.4 is 4.74 Å². The lowest BCUT2D eigenvalue weighted by molar-refractivity contribution is 0.134. The zero-order valence-electron chi connectivity index (χ0n) is 19.6. The van der Waals surface area contributed by atoms with Gasteiger partial charge in [-0.15, -0.1) is 11.8 Å². The van der Waals surface area contributed by atoms with E-state index in [0.717, 1.165) is 18.7 Å². The molecule has 4 nitrogen and oxygen atoms in total. The Morgan fingerprint density at radius 3 is 2.81 bits per heavy atom. The molecular weight excluding hydrogens is 386 g/mol. The van der Waals surface area contributed by atoms with E-state index in [2.05, 4.69) is 49.0 Å². The van der Waals surface area contributed by atoms with E-state index in [0.29, 0.717) is 12.8 Å². The Morgan fingerprint density at radius 2 is 2.06 bits per heavy atom. The second-order valence-electron chi connectivity index (χ2n) is 9.50. The first-order valence-corrected chi connectivity index (χ1v) is 11.8. The number of nitrogens with zero attached hydrogens (tertiary/aromatic N) is 1. The lowest BCUT2D eigenvalue weighted by Gasteiger charge is -2.19. The minimum Gasteiger partial charge on any atom is -0.489 e. The molecule has 1 aliphatic carbocycles. The molecule has 2 N–H and O–H groups in total. The third-order valence-corrected chi connectivity index (χ3v) is 6.75. The van der Waals surface area contributed by atoms with E-state index in [1.165, 1.54) is 30.4 Å². The molecule has 0 unspecified atom stereocenters. The third kappa shape index (κ3) is 5.92. The number of unbranched alkanes of at least 4 members (excludes halogenated alkanes) is 2. The first-order valence-electron chi connectivity index (χ1n) is 11.8. The summed E-state index contributed by atoms with van der Waals surface area (Å²) in [7, 11) is 4.24. The van der Waals surface area contributed by atoms with Gasteiger partial charge in [-0.3, -0.25) is 0 Å². The van der Waals surface area contributed by atoms with Crippen LogP contribution in [-0.2, 0) is 6.42 Å². The number of ether oxygens (including phenoxy) is 1. The number of benzene rings is 1. The summed E-state index contributed by atoms with van der Waals surface area (Å²) in [6.07, 6.45) is 8.86. The van der Waals surface area contributed by atoms with Crippen LogP contribution in [0, 0.1) is 23.7 Å². The minimum atomic E-state index is -0.553. The predicted octanol–water partition coefficient (Wildman–Crippen LogP) is 4.15. The van der Waals surface area contributed by atoms with Crippen LogP contribution in [0.2, 0.25) is 0 Å². The van der Waals surface area contributed by atoms with E-state index >= 15 is 0 Å². The van der Waals surface area contributed by atoms with Crippen molar-refractivity contribution >= 4 is 0 Å². The Hall–Kier alpha value is -1.80. The molecule has 1 heterocycles. The first-order chi connectivity index (χ1) is 14.9. The van der Waals surface area contributed by atoms with Gasteiger partial charge in [0.05, 0.1) is 12.2 Å². The summed E-state index contributed by atoms with van der Waals surface area (Å²) in [6, 6.07) is 6.48. The van der Waals surface area contributed by atoms with Gasteiger partial charge in [-0.1, -0.05) is 43.7 Å². The molecule has 4 heteroatoms. The maximum atomic E-state index is 10.7. The fourth-order valence-electron chi connectivity index (χ4n) is 4.90. The number of fused-ring (bicyclic) bond motifs is 3. The number of para-hydroxylation sites is 1. The largest absolute Gasteiger partial charge is 0.489 e. The van der Waals surface area contributed by atoms with Gasteiger partial charge >= 0.3 is 0 Å². The van der Waals surface area contributed by atoms with E-state index in [-0.39, 0.29) is 23.9 Å². The second kappa shape index (κ2) is 11.2. The number of rotatable bonds is 10. The first kappa shape index (κ1) is 23.9. The molecule has 0 aromatic heterocycles. The molecule has 6 atom stereocenters. The standard InChI is InChI=1S/C27H39NO3/c1-5-6-11-19(2)23(29)16-15-21-24(30)18-25-26(21)22-14-10-13-20(27(22)31-25)12-8-7-9-17-28(3)4/h10,13-16,19,21,23-26,29-30H,7-9,11-12,17-18H2,1-4H3/b16-15+/t19-,21+,23-,24-,25+,26+/m1/s1. The minimum absolute atomic E-state index is 0.0232. The highest BCUT2D eigenvalue weighted by Gasteiger charge is 2.48. The molecule has 1 aromatic carbocycles. The average Bonchev–Trinajstić information content (AvgIpc) is 3.24. The van der Waals surface area contributed by atoms with Crippen molar-refractivity contribution in [1.29, 1.82) is 0 Å². The molecule has 0 bridgehead atoms. The van der Waals surface area contributed by atoms with Crippen molar-refractivity contribution in [3.8, 4) is 17.6 Å². The zero-order valence-corrected chi connectivity index (χ0v) is 19.6. The van der Waals surface area contributed by atoms with E-state index in [9.17, 15) is 10.2 Å². The predicted molar refractivity (Wildman–Crippen MR) is 126 cm³/mol. The van der Waals surface area contributed by atoms with E-state index in [4.69, 9.17) is 4.74 Å². The highest BCUT2D eigenvalue weighted by molar-refractivity contribution is 5.49. The number of aliphatic hydroxyl groups is 2. The number of hydrogen-bond donors (Lipinski definition) is 2. The molecule has 0 radical (unpaired) electrons. The lowest BCUT2D eigenvalue weighted by atomic mass is 9.86. The normalized spacial score (nSPS) is 26.3. The van der Waals surface area contributed by atoms with E-state index in [1.807, 2.05) is 26.0 Å². The summed E-state index contributed by atoms with van der Waals surface area (Å²) < 4.78 is 6.38. The lowest BCUT2D eigenvalue weighted by Crippen LogP contribution is -2.19. The molecule has 1 fully saturated rings. The highest BCUT2D eigenvalue weighted by Crippen LogP contribution is 2.52. The molecular formula is C27H39NO3. The van der Waals surface area contributed by atoms with Crippen molar-refractivity contribution in [3.63, 3.8) is 0 Å². The molecule has 170 valence electrons. The molecule has 1 saturated carbocycles. The van der Waals surface area contributed by atoms with Crippen molar-refractivity contribution in [2.45, 2.75) is 76.6 Å². The SMILES string of the molecule is CC#CC[C@@H](C)[C@H](O)/C=C/[C@@H]1[C@H]2c3cccc(CCCCCN(C)C)c3O[C@H]2C[C@H]1O. The van der Waals surface area contributed by atoms with Crippen LogP contribution in [0.3, 0.4) is 0 Å². The zero-order chi connectivity index (χ0) is 22.4. The highest BCUT2D eigenvalue weighted by atomic mass is 16.5. The monoisotopic (exact) mass is 425 g/mol. The molecule has 1 aliphatic heterocycles. The van der Waals surface area contributed by atoms with Gasteiger partial charge in [0.2, 0.25) is 0 Å². The summed E-state index contributed by atoms with van der Waals surface area (Å²) in [5.41, 5.74) is 2.52. The fourth-order valence-corrected chi connectivity index (χ4v) is 4.90. The van der Waals surface area contributed by atoms with Gasteiger partial charge in [0.1, 0.15) is 11.9 Å². The van der Waals surface area contributed by atoms with Gasteiger partial charge in [-0.05, 0) is 58.3 Å². The topological polar surface area (TPSA) is 52.9 Å². The van der Waals surface area contributed by atoms with Crippen LogP contribution in [0.15, 0.2) is 30.4 Å². The summed E-state index contributed by atoms with van der Waals surface area (Å²) >= 11 is 0. The van der Waals surface area contributed by atoms with Gasteiger partial charge in [0, 0.05) is 30.2 Å². The van der Waals surface area contributed by atoms with Gasteiger partial charge < -0.3 is 19.8 Å². The van der Waals surface area contributed by atoms with Crippen molar-refractivity contribution in [2.24, 2.45) is 11.8 Å². The quantitative estimate of drug-likeness (QED) is 0.336. The Kier molecular flexibility index (Phi) is 8.60. The fraction of sp³-hybridized carbons (Fsp3) is 0.630. The summed E-state index contributed by atoms with van der Waals surface area (Å²) in [6.45, 7) is 4.96.